The van der Waals surface area contributed by atoms with E-state index in [4.69, 9.17) is 4.74 Å². The summed E-state index contributed by atoms with van der Waals surface area (Å²) in [6, 6.07) is 17.5. The molecule has 1 unspecified atom stereocenters. The molecule has 0 fully saturated rings. The van der Waals surface area contributed by atoms with E-state index < -0.39 is 0 Å². The Morgan fingerprint density at radius 1 is 1.19 bits per heavy atom. The van der Waals surface area contributed by atoms with Gasteiger partial charge in [0.25, 0.3) is 0 Å². The van der Waals surface area contributed by atoms with E-state index in [2.05, 4.69) is 10.3 Å². The van der Waals surface area contributed by atoms with Crippen LogP contribution in [-0.4, -0.2) is 10.9 Å². The van der Waals surface area contributed by atoms with Gasteiger partial charge in [-0.15, -0.1) is 11.3 Å². The Bertz CT molecular complexity index is 902. The Morgan fingerprint density at radius 2 is 1.93 bits per heavy atom. The number of thiazole rings is 1. The fraction of sp³-hybridized carbons (Fsp3) is 0.182. The molecule has 0 saturated heterocycles. The van der Waals surface area contributed by atoms with Gasteiger partial charge in [0.05, 0.1) is 16.7 Å². The fourth-order valence-corrected chi connectivity index (χ4v) is 3.16. The summed E-state index contributed by atoms with van der Waals surface area (Å²) in [4.78, 5) is 16.5. The van der Waals surface area contributed by atoms with Gasteiger partial charge >= 0.3 is 0 Å². The number of ether oxygens (including phenoxy) is 1. The predicted octanol–water partition coefficient (Wildman–Crippen LogP) is 4.92. The molecule has 3 rings (SSSR count). The normalized spacial score (nSPS) is 12.1. The Morgan fingerprint density at radius 3 is 2.59 bits per heavy atom. The van der Waals surface area contributed by atoms with Gasteiger partial charge < -0.3 is 10.1 Å². The molecule has 1 N–H and O–H groups in total. The van der Waals surface area contributed by atoms with Crippen LogP contribution in [0.25, 0.3) is 6.08 Å². The van der Waals surface area contributed by atoms with E-state index in [0.717, 1.165) is 27.6 Å². The highest BCUT2D eigenvalue weighted by Gasteiger charge is 2.06. The second-order valence-electron chi connectivity index (χ2n) is 6.19. The summed E-state index contributed by atoms with van der Waals surface area (Å²) in [6.07, 6.45) is 3.34. The molecule has 0 aliphatic heterocycles. The van der Waals surface area contributed by atoms with Crippen LogP contribution in [0.4, 0.5) is 0 Å². The number of rotatable bonds is 7. The standard InChI is InChI=1S/C22H22N2O2S/c1-16(19-6-4-3-5-7-19)23-22(25)13-10-18-8-11-21(12-9-18)26-14-20-15-27-17(2)24-20/h3-13,15-16H,14H2,1-2H3,(H,23,25)/b13-10+. The van der Waals surface area contributed by atoms with Crippen molar-refractivity contribution in [3.8, 4) is 5.75 Å². The zero-order valence-electron chi connectivity index (χ0n) is 15.4. The molecule has 27 heavy (non-hydrogen) atoms. The van der Waals surface area contributed by atoms with Crippen LogP contribution >= 0.6 is 11.3 Å². The number of nitrogens with one attached hydrogen (secondary N) is 1. The number of hydrogen-bond donors (Lipinski definition) is 1. The van der Waals surface area contributed by atoms with E-state index in [1.807, 2.05) is 73.8 Å². The monoisotopic (exact) mass is 378 g/mol. The third-order valence-corrected chi connectivity index (χ3v) is 4.84. The van der Waals surface area contributed by atoms with Crippen LogP contribution in [0.3, 0.4) is 0 Å². The van der Waals surface area contributed by atoms with Crippen molar-refractivity contribution in [3.05, 3.63) is 87.9 Å². The van der Waals surface area contributed by atoms with Crippen molar-refractivity contribution in [2.45, 2.75) is 26.5 Å². The molecule has 0 aliphatic carbocycles. The second kappa shape index (κ2) is 9.14. The topological polar surface area (TPSA) is 51.2 Å². The van der Waals surface area contributed by atoms with Gasteiger partial charge in [-0.3, -0.25) is 4.79 Å². The smallest absolute Gasteiger partial charge is 0.244 e. The largest absolute Gasteiger partial charge is 0.487 e. The fourth-order valence-electron chi connectivity index (χ4n) is 2.57. The van der Waals surface area contributed by atoms with Crippen molar-refractivity contribution in [3.63, 3.8) is 0 Å². The SMILES string of the molecule is Cc1nc(COc2ccc(/C=C/C(=O)NC(C)c3ccccc3)cc2)cs1. The van der Waals surface area contributed by atoms with E-state index in [-0.39, 0.29) is 11.9 Å². The molecular formula is C22H22N2O2S. The third-order valence-electron chi connectivity index (χ3n) is 4.02. The number of hydrogen-bond acceptors (Lipinski definition) is 4. The first-order valence-corrected chi connectivity index (χ1v) is 9.65. The molecular weight excluding hydrogens is 356 g/mol. The number of aryl methyl sites for hydroxylation is 1. The van der Waals surface area contributed by atoms with Crippen LogP contribution in [-0.2, 0) is 11.4 Å². The first-order valence-electron chi connectivity index (χ1n) is 8.77. The number of nitrogens with zero attached hydrogens (tertiary/aromatic N) is 1. The van der Waals surface area contributed by atoms with E-state index >= 15 is 0 Å². The Labute approximate surface area is 163 Å². The van der Waals surface area contributed by atoms with Crippen LogP contribution < -0.4 is 10.1 Å². The highest BCUT2D eigenvalue weighted by atomic mass is 32.1. The maximum atomic E-state index is 12.1. The minimum atomic E-state index is -0.120. The second-order valence-corrected chi connectivity index (χ2v) is 7.25. The number of carbonyl (C=O) groups is 1. The van der Waals surface area contributed by atoms with Crippen molar-refractivity contribution in [1.82, 2.24) is 10.3 Å². The minimum absolute atomic E-state index is 0.0338. The van der Waals surface area contributed by atoms with Crippen LogP contribution in [0.2, 0.25) is 0 Å². The summed E-state index contributed by atoms with van der Waals surface area (Å²) in [5.74, 6) is 0.658. The Hall–Kier alpha value is -2.92. The lowest BCUT2D eigenvalue weighted by Gasteiger charge is -2.12. The highest BCUT2D eigenvalue weighted by Crippen LogP contribution is 2.16. The van der Waals surface area contributed by atoms with Gasteiger partial charge in [-0.2, -0.15) is 0 Å². The molecule has 4 nitrogen and oxygen atoms in total. The van der Waals surface area contributed by atoms with Crippen molar-refractivity contribution in [2.24, 2.45) is 0 Å². The van der Waals surface area contributed by atoms with Crippen molar-refractivity contribution >= 4 is 23.3 Å². The zero-order valence-corrected chi connectivity index (χ0v) is 16.2. The molecule has 0 bridgehead atoms. The maximum absolute atomic E-state index is 12.1. The summed E-state index contributed by atoms with van der Waals surface area (Å²) in [5, 5.41) is 6.00. The zero-order chi connectivity index (χ0) is 19.1. The van der Waals surface area contributed by atoms with Gasteiger partial charge in [-0.1, -0.05) is 42.5 Å². The lowest BCUT2D eigenvalue weighted by atomic mass is 10.1. The quantitative estimate of drug-likeness (QED) is 0.594. The first-order chi connectivity index (χ1) is 13.1. The molecule has 1 amide bonds. The lowest BCUT2D eigenvalue weighted by Crippen LogP contribution is -2.24. The average molecular weight is 378 g/mol. The summed E-state index contributed by atoms with van der Waals surface area (Å²) < 4.78 is 5.73. The van der Waals surface area contributed by atoms with E-state index in [1.165, 1.54) is 0 Å². The van der Waals surface area contributed by atoms with Gasteiger partial charge in [-0.25, -0.2) is 4.98 Å². The van der Waals surface area contributed by atoms with Gasteiger partial charge in [-0.05, 0) is 43.2 Å². The summed E-state index contributed by atoms with van der Waals surface area (Å²) >= 11 is 1.62. The van der Waals surface area contributed by atoms with Crippen molar-refractivity contribution in [1.29, 1.82) is 0 Å². The Balaban J connectivity index is 1.50. The van der Waals surface area contributed by atoms with Crippen LogP contribution in [0.15, 0.2) is 66.1 Å². The van der Waals surface area contributed by atoms with E-state index in [1.54, 1.807) is 23.5 Å². The lowest BCUT2D eigenvalue weighted by molar-refractivity contribution is -0.117. The number of aromatic nitrogens is 1. The summed E-state index contributed by atoms with van der Waals surface area (Å²) in [5.41, 5.74) is 2.95. The summed E-state index contributed by atoms with van der Waals surface area (Å²) in [7, 11) is 0. The predicted molar refractivity (Wildman–Crippen MR) is 110 cm³/mol. The van der Waals surface area contributed by atoms with Crippen LogP contribution in [0.1, 0.15) is 34.8 Å². The Kier molecular flexibility index (Phi) is 6.39. The van der Waals surface area contributed by atoms with E-state index in [0.29, 0.717) is 6.61 Å². The maximum Gasteiger partial charge on any atom is 0.244 e. The van der Waals surface area contributed by atoms with Crippen molar-refractivity contribution < 1.29 is 9.53 Å². The summed E-state index contributed by atoms with van der Waals surface area (Å²) in [6.45, 7) is 4.41. The third kappa shape index (κ3) is 5.79. The molecule has 0 saturated carbocycles. The molecule has 0 spiro atoms. The molecule has 5 heteroatoms. The van der Waals surface area contributed by atoms with E-state index in [9.17, 15) is 4.79 Å². The number of carbonyl (C=O) groups excluding carboxylic acids is 1. The molecule has 0 radical (unpaired) electrons. The molecule has 2 aromatic carbocycles. The van der Waals surface area contributed by atoms with Gasteiger partial charge in [0.2, 0.25) is 5.91 Å². The van der Waals surface area contributed by atoms with Crippen LogP contribution in [0, 0.1) is 6.92 Å². The molecule has 0 aliphatic rings. The molecule has 1 atom stereocenters. The van der Waals surface area contributed by atoms with Gasteiger partial charge in [0.15, 0.2) is 0 Å². The minimum Gasteiger partial charge on any atom is -0.487 e. The molecule has 3 aromatic rings. The number of benzene rings is 2. The van der Waals surface area contributed by atoms with Crippen LogP contribution in [0.5, 0.6) is 5.75 Å². The van der Waals surface area contributed by atoms with Crippen molar-refractivity contribution in [2.75, 3.05) is 0 Å². The highest BCUT2D eigenvalue weighted by molar-refractivity contribution is 7.09. The molecule has 1 heterocycles. The average Bonchev–Trinajstić information content (AvgIpc) is 3.11. The van der Waals surface area contributed by atoms with Gasteiger partial charge in [0.1, 0.15) is 12.4 Å². The molecule has 1 aromatic heterocycles. The molecule has 138 valence electrons. The first kappa shape index (κ1) is 18.9. The van der Waals surface area contributed by atoms with Gasteiger partial charge in [0, 0.05) is 11.5 Å². The number of amides is 1.